The second-order valence-electron chi connectivity index (χ2n) is 13.3. The Morgan fingerprint density at radius 2 is 1.69 bits per heavy atom. The molecule has 0 spiro atoms. The number of carbonyl (C=O) groups is 1. The van der Waals surface area contributed by atoms with E-state index in [2.05, 4.69) is 10.8 Å². The zero-order chi connectivity index (χ0) is 31.6. The molecule has 45 heavy (non-hydrogen) atoms. The van der Waals surface area contributed by atoms with E-state index in [9.17, 15) is 13.2 Å². The minimum atomic E-state index is -3.23. The van der Waals surface area contributed by atoms with Gasteiger partial charge in [-0.1, -0.05) is 0 Å². The second kappa shape index (κ2) is 13.6. The number of hydrogen-bond donors (Lipinski definition) is 1. The van der Waals surface area contributed by atoms with E-state index in [1.54, 1.807) is 19.6 Å². The van der Waals surface area contributed by atoms with E-state index >= 15 is 0 Å². The molecule has 242 valence electrons. The zero-order valence-electron chi connectivity index (χ0n) is 26.6. The summed E-state index contributed by atoms with van der Waals surface area (Å²) in [5, 5.41) is 0. The van der Waals surface area contributed by atoms with E-state index in [0.29, 0.717) is 36.7 Å². The summed E-state index contributed by atoms with van der Waals surface area (Å²) < 4.78 is 37.0. The number of hydrogen-bond acceptors (Lipinski definition) is 8. The van der Waals surface area contributed by atoms with Gasteiger partial charge in [-0.15, -0.1) is 0 Å². The average Bonchev–Trinajstić information content (AvgIpc) is 3.78. The second-order valence-corrected chi connectivity index (χ2v) is 15.1. The Morgan fingerprint density at radius 3 is 2.36 bits per heavy atom. The predicted molar refractivity (Wildman–Crippen MR) is 173 cm³/mol. The Balaban J connectivity index is 1.16. The molecule has 1 N–H and O–H groups in total. The molecular weight excluding hydrogens is 590 g/mol. The first-order valence-corrected chi connectivity index (χ1v) is 18.3. The number of oxazole rings is 1. The summed E-state index contributed by atoms with van der Waals surface area (Å²) in [5.41, 5.74) is 3.70. The number of ether oxygens (including phenoxy) is 1. The summed E-state index contributed by atoms with van der Waals surface area (Å²) in [6.07, 6.45) is 14.1. The smallest absolute Gasteiger partial charge is 0.231 e. The Kier molecular flexibility index (Phi) is 9.56. The normalized spacial score (nSPS) is 23.9. The molecule has 0 radical (unpaired) electrons. The van der Waals surface area contributed by atoms with Crippen molar-refractivity contribution in [3.05, 3.63) is 54.0 Å². The molecule has 10 nitrogen and oxygen atoms in total. The molecule has 0 aliphatic heterocycles. The lowest BCUT2D eigenvalue weighted by Gasteiger charge is -2.35. The van der Waals surface area contributed by atoms with Crippen molar-refractivity contribution >= 4 is 21.7 Å². The molecule has 3 aromatic rings. The molecule has 3 aliphatic carbocycles. The van der Waals surface area contributed by atoms with Crippen molar-refractivity contribution in [2.24, 2.45) is 17.8 Å². The van der Waals surface area contributed by atoms with Crippen molar-refractivity contribution in [1.82, 2.24) is 19.7 Å². The number of aryl methyl sites for hydroxylation is 1. The van der Waals surface area contributed by atoms with Crippen molar-refractivity contribution in [3.63, 3.8) is 0 Å². The highest BCUT2D eigenvalue weighted by Gasteiger charge is 2.34. The molecule has 3 aliphatic rings. The number of rotatable bonds is 11. The first-order chi connectivity index (χ1) is 21.7. The number of nitrogens with one attached hydrogen (secondary N) is 1. The number of methoxy groups -OCH3 is 1. The van der Waals surface area contributed by atoms with E-state index in [0.717, 1.165) is 98.5 Å². The van der Waals surface area contributed by atoms with Crippen LogP contribution in [0, 0.1) is 24.7 Å². The summed E-state index contributed by atoms with van der Waals surface area (Å²) in [6, 6.07) is 8.00. The summed E-state index contributed by atoms with van der Waals surface area (Å²) in [5.74, 6) is 3.69. The molecule has 3 heterocycles. The van der Waals surface area contributed by atoms with Crippen molar-refractivity contribution in [1.29, 1.82) is 0 Å². The summed E-state index contributed by atoms with van der Waals surface area (Å²) in [4.78, 5) is 30.4. The molecule has 0 saturated heterocycles. The Bertz CT molecular complexity index is 1590. The van der Waals surface area contributed by atoms with Gasteiger partial charge in [-0.05, 0) is 107 Å². The third-order valence-electron chi connectivity index (χ3n) is 9.85. The predicted octanol–water partition coefficient (Wildman–Crippen LogP) is 5.99. The average molecular weight is 636 g/mol. The maximum atomic E-state index is 14.2. The van der Waals surface area contributed by atoms with Crippen LogP contribution in [-0.2, 0) is 14.8 Å². The van der Waals surface area contributed by atoms with Gasteiger partial charge < -0.3 is 9.15 Å². The molecule has 3 aromatic heterocycles. The fourth-order valence-electron chi connectivity index (χ4n) is 6.97. The van der Waals surface area contributed by atoms with E-state index < -0.39 is 10.0 Å². The van der Waals surface area contributed by atoms with E-state index in [4.69, 9.17) is 24.1 Å². The van der Waals surface area contributed by atoms with E-state index in [-0.39, 0.29) is 17.7 Å². The lowest BCUT2D eigenvalue weighted by atomic mass is 9.79. The lowest BCUT2D eigenvalue weighted by Crippen LogP contribution is -2.42. The maximum absolute atomic E-state index is 14.2. The molecule has 0 aromatic carbocycles. The Hall–Kier alpha value is -3.31. The Labute approximate surface area is 266 Å². The van der Waals surface area contributed by atoms with Gasteiger partial charge >= 0.3 is 0 Å². The number of carbonyl (C=O) groups excluding carboxylic acids is 1. The minimum Gasteiger partial charge on any atom is -0.495 e. The molecule has 3 saturated carbocycles. The fourth-order valence-corrected chi connectivity index (χ4v) is 7.51. The van der Waals surface area contributed by atoms with Crippen LogP contribution in [0.3, 0.4) is 0 Å². The van der Waals surface area contributed by atoms with Crippen LogP contribution in [0.2, 0.25) is 0 Å². The summed E-state index contributed by atoms with van der Waals surface area (Å²) in [7, 11) is -1.56. The topological polar surface area (TPSA) is 128 Å². The Morgan fingerprint density at radius 1 is 0.978 bits per heavy atom. The first kappa shape index (κ1) is 31.7. The van der Waals surface area contributed by atoms with Crippen LogP contribution >= 0.6 is 0 Å². The molecule has 0 bridgehead atoms. The standard InChI is InChI=1S/C34H45N5O5S/c1-22-31(43-2)15-14-29(37-22)25-8-6-24(7-9-25)20-39(34(40)27-10-4-23(5-11-27)19-36-45(3,41)42)32-18-28(16-17-35-32)30-21-44-33(38-30)26-12-13-26/h14-18,21,23-27,36H,4-13,19-20H2,1-3H3. The molecule has 1 amide bonds. The van der Waals surface area contributed by atoms with Crippen molar-refractivity contribution < 1.29 is 22.4 Å². The van der Waals surface area contributed by atoms with Crippen molar-refractivity contribution in [2.75, 3.05) is 31.4 Å². The summed E-state index contributed by atoms with van der Waals surface area (Å²) >= 11 is 0. The van der Waals surface area contributed by atoms with Gasteiger partial charge in [0.05, 0.1) is 19.1 Å². The number of nitrogens with zero attached hydrogens (tertiary/aromatic N) is 4. The van der Waals surface area contributed by atoms with Gasteiger partial charge in [0.1, 0.15) is 23.5 Å². The van der Waals surface area contributed by atoms with Crippen LogP contribution in [0.25, 0.3) is 11.3 Å². The molecule has 0 unspecified atom stereocenters. The molecular formula is C34H45N5O5S. The van der Waals surface area contributed by atoms with Crippen LogP contribution in [0.5, 0.6) is 5.75 Å². The minimum absolute atomic E-state index is 0.110. The van der Waals surface area contributed by atoms with Crippen molar-refractivity contribution in [3.8, 4) is 17.0 Å². The van der Waals surface area contributed by atoms with Crippen LogP contribution in [0.4, 0.5) is 5.82 Å². The first-order valence-electron chi connectivity index (χ1n) is 16.4. The molecule has 3 fully saturated rings. The number of amides is 1. The van der Waals surface area contributed by atoms with Crippen LogP contribution in [-0.4, -0.2) is 55.7 Å². The van der Waals surface area contributed by atoms with Crippen LogP contribution in [0.1, 0.15) is 93.3 Å². The van der Waals surface area contributed by atoms with Gasteiger partial charge in [-0.3, -0.25) is 14.7 Å². The highest BCUT2D eigenvalue weighted by atomic mass is 32.2. The SMILES string of the molecule is COc1ccc(C2CCC(CN(C(=O)C3CCC(CNS(C)(=O)=O)CC3)c3cc(-c4coc(C5CC5)n4)ccn3)CC2)nc1C. The van der Waals surface area contributed by atoms with Crippen LogP contribution in [0.15, 0.2) is 41.1 Å². The highest BCUT2D eigenvalue weighted by molar-refractivity contribution is 7.88. The van der Waals surface area contributed by atoms with Gasteiger partial charge in [0.25, 0.3) is 0 Å². The van der Waals surface area contributed by atoms with Gasteiger partial charge in [-0.2, -0.15) is 0 Å². The van der Waals surface area contributed by atoms with Crippen molar-refractivity contribution in [2.45, 2.75) is 83.0 Å². The van der Waals surface area contributed by atoms with Gasteiger partial charge in [0.2, 0.25) is 15.9 Å². The molecule has 6 rings (SSSR count). The highest BCUT2D eigenvalue weighted by Crippen LogP contribution is 2.41. The largest absolute Gasteiger partial charge is 0.495 e. The third kappa shape index (κ3) is 7.92. The molecule has 0 atom stereocenters. The van der Waals surface area contributed by atoms with E-state index in [1.807, 2.05) is 30.0 Å². The van der Waals surface area contributed by atoms with Gasteiger partial charge in [-0.25, -0.2) is 23.1 Å². The zero-order valence-corrected chi connectivity index (χ0v) is 27.4. The number of sulfonamides is 1. The van der Waals surface area contributed by atoms with Crippen LogP contribution < -0.4 is 14.4 Å². The number of pyridine rings is 2. The number of anilines is 1. The third-order valence-corrected chi connectivity index (χ3v) is 10.5. The maximum Gasteiger partial charge on any atom is 0.231 e. The monoisotopic (exact) mass is 635 g/mol. The van der Waals surface area contributed by atoms with Gasteiger partial charge in [0.15, 0.2) is 5.89 Å². The number of aromatic nitrogens is 3. The quantitative estimate of drug-likeness (QED) is 0.272. The molecule has 11 heteroatoms. The lowest BCUT2D eigenvalue weighted by molar-refractivity contribution is -0.123. The van der Waals surface area contributed by atoms with Gasteiger partial charge in [0, 0.05) is 48.3 Å². The summed E-state index contributed by atoms with van der Waals surface area (Å²) in [6.45, 7) is 3.04. The fraction of sp³-hybridized carbons (Fsp3) is 0.588. The van der Waals surface area contributed by atoms with E-state index in [1.165, 1.54) is 6.26 Å².